The van der Waals surface area contributed by atoms with Crippen molar-refractivity contribution in [3.05, 3.63) is 87.9 Å². The lowest BCUT2D eigenvalue weighted by Gasteiger charge is -2.22. The number of carbonyl (C=O) groups is 1. The van der Waals surface area contributed by atoms with Gasteiger partial charge in [-0.25, -0.2) is 13.8 Å². The summed E-state index contributed by atoms with van der Waals surface area (Å²) < 4.78 is 38.5. The van der Waals surface area contributed by atoms with Crippen LogP contribution in [0.1, 0.15) is 11.1 Å². The maximum atomic E-state index is 13.5. The quantitative estimate of drug-likeness (QED) is 0.307. The molecule has 35 heavy (non-hydrogen) atoms. The monoisotopic (exact) mass is 535 g/mol. The van der Waals surface area contributed by atoms with Gasteiger partial charge in [0.05, 0.1) is 41.9 Å². The number of hydrogen-bond acceptors (Lipinski definition) is 6. The van der Waals surface area contributed by atoms with E-state index in [-0.39, 0.29) is 22.2 Å². The molecule has 3 aromatic rings. The Morgan fingerprint density at radius 2 is 1.71 bits per heavy atom. The molecule has 184 valence electrons. The summed E-state index contributed by atoms with van der Waals surface area (Å²) in [6, 6.07) is 18.2. The largest absolute Gasteiger partial charge is 0.493 e. The highest BCUT2D eigenvalue weighted by atomic mass is 35.5. The van der Waals surface area contributed by atoms with Crippen molar-refractivity contribution < 1.29 is 22.7 Å². The lowest BCUT2D eigenvalue weighted by molar-refractivity contribution is -0.121. The SMILES string of the molecule is COc1ccc(S(=O)(=O)N(CC(=O)N/N=C\c2cccc(Cl)c2Cl)Cc2ccccc2)cc1OC. The smallest absolute Gasteiger partial charge is 0.255 e. The summed E-state index contributed by atoms with van der Waals surface area (Å²) in [7, 11) is -1.23. The second-order valence-electron chi connectivity index (χ2n) is 7.21. The molecule has 0 aliphatic rings. The second-order valence-corrected chi connectivity index (χ2v) is 9.93. The van der Waals surface area contributed by atoms with Gasteiger partial charge in [-0.3, -0.25) is 4.79 Å². The number of benzene rings is 3. The molecule has 0 radical (unpaired) electrons. The second kappa shape index (κ2) is 12.0. The van der Waals surface area contributed by atoms with E-state index >= 15 is 0 Å². The molecule has 0 heterocycles. The molecule has 0 saturated carbocycles. The first-order chi connectivity index (χ1) is 16.8. The third kappa shape index (κ3) is 6.73. The molecule has 1 amide bonds. The van der Waals surface area contributed by atoms with E-state index in [2.05, 4.69) is 10.5 Å². The number of carbonyl (C=O) groups excluding carboxylic acids is 1. The van der Waals surface area contributed by atoms with Crippen molar-refractivity contribution in [3.8, 4) is 11.5 Å². The lowest BCUT2D eigenvalue weighted by Crippen LogP contribution is -2.39. The molecule has 11 heteroatoms. The van der Waals surface area contributed by atoms with Crippen molar-refractivity contribution in [3.63, 3.8) is 0 Å². The van der Waals surface area contributed by atoms with Crippen LogP contribution in [0.4, 0.5) is 0 Å². The Hall–Kier alpha value is -3.11. The molecular formula is C24H23Cl2N3O5S. The Balaban J connectivity index is 1.84. The van der Waals surface area contributed by atoms with Crippen molar-refractivity contribution in [2.75, 3.05) is 20.8 Å². The molecule has 3 rings (SSSR count). The number of amides is 1. The van der Waals surface area contributed by atoms with E-state index in [0.717, 1.165) is 4.31 Å². The normalized spacial score (nSPS) is 11.6. The zero-order chi connectivity index (χ0) is 25.4. The Bertz CT molecular complexity index is 1320. The molecule has 3 aromatic carbocycles. The highest BCUT2D eigenvalue weighted by Crippen LogP contribution is 2.31. The molecule has 0 aliphatic heterocycles. The van der Waals surface area contributed by atoms with E-state index in [1.54, 1.807) is 42.5 Å². The minimum atomic E-state index is -4.09. The highest BCUT2D eigenvalue weighted by molar-refractivity contribution is 7.89. The number of nitrogens with zero attached hydrogens (tertiary/aromatic N) is 2. The Labute approximate surface area is 214 Å². The maximum absolute atomic E-state index is 13.5. The number of nitrogens with one attached hydrogen (secondary N) is 1. The Morgan fingerprint density at radius 1 is 1.00 bits per heavy atom. The van der Waals surface area contributed by atoms with Crippen molar-refractivity contribution in [2.24, 2.45) is 5.10 Å². The van der Waals surface area contributed by atoms with Crippen molar-refractivity contribution >= 4 is 45.3 Å². The summed E-state index contributed by atoms with van der Waals surface area (Å²) in [5.41, 5.74) is 3.54. The average molecular weight is 536 g/mol. The van der Waals surface area contributed by atoms with Crippen LogP contribution in [0, 0.1) is 0 Å². The van der Waals surface area contributed by atoms with Crippen LogP contribution in [0.15, 0.2) is 76.7 Å². The summed E-state index contributed by atoms with van der Waals surface area (Å²) in [5.74, 6) is -0.00659. The zero-order valence-electron chi connectivity index (χ0n) is 18.9. The molecule has 0 aromatic heterocycles. The molecule has 0 aliphatic carbocycles. The predicted molar refractivity (Wildman–Crippen MR) is 136 cm³/mol. The average Bonchev–Trinajstić information content (AvgIpc) is 2.86. The van der Waals surface area contributed by atoms with Gasteiger partial charge in [-0.15, -0.1) is 0 Å². The number of ether oxygens (including phenoxy) is 2. The van der Waals surface area contributed by atoms with Crippen molar-refractivity contribution in [1.82, 2.24) is 9.73 Å². The Kier molecular flexibility index (Phi) is 9.11. The molecule has 0 bridgehead atoms. The van der Waals surface area contributed by atoms with Gasteiger partial charge >= 0.3 is 0 Å². The van der Waals surface area contributed by atoms with Crippen LogP contribution in [0.2, 0.25) is 10.0 Å². The van der Waals surface area contributed by atoms with Gasteiger partial charge in [0.15, 0.2) is 11.5 Å². The molecule has 0 saturated heterocycles. The van der Waals surface area contributed by atoms with Gasteiger partial charge in [-0.1, -0.05) is 65.7 Å². The summed E-state index contributed by atoms with van der Waals surface area (Å²) in [5, 5.41) is 4.51. The fourth-order valence-corrected chi connectivity index (χ4v) is 4.89. The molecular weight excluding hydrogens is 513 g/mol. The van der Waals surface area contributed by atoms with Gasteiger partial charge in [0, 0.05) is 18.2 Å². The third-order valence-corrected chi connectivity index (χ3v) is 7.51. The molecule has 0 spiro atoms. The fraction of sp³-hybridized carbons (Fsp3) is 0.167. The summed E-state index contributed by atoms with van der Waals surface area (Å²) in [6.45, 7) is -0.513. The van der Waals surface area contributed by atoms with E-state index in [9.17, 15) is 13.2 Å². The Morgan fingerprint density at radius 3 is 2.40 bits per heavy atom. The zero-order valence-corrected chi connectivity index (χ0v) is 21.3. The van der Waals surface area contributed by atoms with Crippen molar-refractivity contribution in [1.29, 1.82) is 0 Å². The van der Waals surface area contributed by atoms with E-state index in [1.807, 2.05) is 6.07 Å². The molecule has 0 atom stereocenters. The van der Waals surface area contributed by atoms with E-state index in [1.165, 1.54) is 38.6 Å². The first-order valence-corrected chi connectivity index (χ1v) is 12.5. The lowest BCUT2D eigenvalue weighted by atomic mass is 10.2. The number of sulfonamides is 1. The number of rotatable bonds is 10. The highest BCUT2D eigenvalue weighted by Gasteiger charge is 2.28. The number of hydrogen-bond donors (Lipinski definition) is 1. The standard InChI is InChI=1S/C24H23Cl2N3O5S/c1-33-21-12-11-19(13-22(21)34-2)35(31,32)29(15-17-7-4-3-5-8-17)16-23(30)28-27-14-18-9-6-10-20(25)24(18)26/h3-14H,15-16H2,1-2H3,(H,28,30)/b27-14-. The van der Waals surface area contributed by atoms with Crippen LogP contribution in [-0.4, -0.2) is 45.6 Å². The summed E-state index contributed by atoms with van der Waals surface area (Å²) in [6.07, 6.45) is 1.33. The topological polar surface area (TPSA) is 97.3 Å². The third-order valence-electron chi connectivity index (χ3n) is 4.89. The molecule has 0 unspecified atom stereocenters. The van der Waals surface area contributed by atoms with E-state index in [0.29, 0.717) is 21.9 Å². The van der Waals surface area contributed by atoms with E-state index in [4.69, 9.17) is 32.7 Å². The van der Waals surface area contributed by atoms with Crippen LogP contribution in [-0.2, 0) is 21.4 Å². The first-order valence-electron chi connectivity index (χ1n) is 10.3. The van der Waals surface area contributed by atoms with Gasteiger partial charge in [0.25, 0.3) is 5.91 Å². The molecule has 1 N–H and O–H groups in total. The fourth-order valence-electron chi connectivity index (χ4n) is 3.13. The number of halogens is 2. The summed E-state index contributed by atoms with van der Waals surface area (Å²) in [4.78, 5) is 12.6. The van der Waals surface area contributed by atoms with Gasteiger partial charge in [0.2, 0.25) is 10.0 Å². The minimum Gasteiger partial charge on any atom is -0.493 e. The first kappa shape index (κ1) is 26.5. The van der Waals surface area contributed by atoms with Crippen LogP contribution in [0.5, 0.6) is 11.5 Å². The van der Waals surface area contributed by atoms with Crippen LogP contribution < -0.4 is 14.9 Å². The van der Waals surface area contributed by atoms with Crippen molar-refractivity contribution in [2.45, 2.75) is 11.4 Å². The van der Waals surface area contributed by atoms with Gasteiger partial charge in [-0.05, 0) is 23.8 Å². The molecule has 8 nitrogen and oxygen atoms in total. The number of hydrazone groups is 1. The van der Waals surface area contributed by atoms with Gasteiger partial charge in [-0.2, -0.15) is 9.41 Å². The van der Waals surface area contributed by atoms with Gasteiger partial charge in [0.1, 0.15) is 0 Å². The van der Waals surface area contributed by atoms with Crippen LogP contribution >= 0.6 is 23.2 Å². The number of methoxy groups -OCH3 is 2. The minimum absolute atomic E-state index is 0.0330. The molecule has 0 fully saturated rings. The summed E-state index contributed by atoms with van der Waals surface area (Å²) >= 11 is 12.1. The van der Waals surface area contributed by atoms with Crippen LogP contribution in [0.25, 0.3) is 0 Å². The van der Waals surface area contributed by atoms with E-state index < -0.39 is 22.5 Å². The van der Waals surface area contributed by atoms with Gasteiger partial charge < -0.3 is 9.47 Å². The predicted octanol–water partition coefficient (Wildman–Crippen LogP) is 4.35. The van der Waals surface area contributed by atoms with Crippen LogP contribution in [0.3, 0.4) is 0 Å². The maximum Gasteiger partial charge on any atom is 0.255 e.